The van der Waals surface area contributed by atoms with Crippen LogP contribution in [0.4, 0.5) is 18.0 Å². The molecule has 0 aromatic heterocycles. The molecule has 0 atom stereocenters. The summed E-state index contributed by atoms with van der Waals surface area (Å²) in [4.78, 5) is 22.0. The fourth-order valence-corrected chi connectivity index (χ4v) is 1.08. The Kier molecular flexibility index (Phi) is 4.79. The molecule has 0 aliphatic carbocycles. The largest absolute Gasteiger partial charge is 0.530 e. The van der Waals surface area contributed by atoms with Crippen LogP contribution in [-0.2, 0) is 4.79 Å². The molecule has 0 aromatic rings. The minimum absolute atomic E-state index is 0.270. The molecule has 1 N–H and O–H groups in total. The van der Waals surface area contributed by atoms with Crippen molar-refractivity contribution in [2.75, 3.05) is 13.1 Å². The average molecular weight is 255 g/mol. The molecule has 0 aliphatic rings. The maximum atomic E-state index is 11.8. The standard InChI is InChI=1S/C9H15F3N2O3/c1-8(2,3)14(7(16)17)5-4-13-6(15)9(10,11)12/h4-5H2,1-3H3,(H,13,15)(H,16,17)/p-1. The summed E-state index contributed by atoms with van der Waals surface area (Å²) in [6.45, 7) is 3.99. The Morgan fingerprint density at radius 3 is 2.00 bits per heavy atom. The third kappa shape index (κ3) is 5.41. The molecule has 0 heterocycles. The van der Waals surface area contributed by atoms with Crippen molar-refractivity contribution in [1.82, 2.24) is 10.2 Å². The first kappa shape index (κ1) is 15.5. The van der Waals surface area contributed by atoms with Crippen molar-refractivity contribution < 1.29 is 27.9 Å². The number of carbonyl (C=O) groups excluding carboxylic acids is 2. The maximum Gasteiger partial charge on any atom is 0.471 e. The number of rotatable bonds is 3. The van der Waals surface area contributed by atoms with Gasteiger partial charge in [0.2, 0.25) is 0 Å². The highest BCUT2D eigenvalue weighted by atomic mass is 19.4. The Bertz CT molecular complexity index is 297. The van der Waals surface area contributed by atoms with E-state index in [1.54, 1.807) is 26.1 Å². The van der Waals surface area contributed by atoms with Gasteiger partial charge in [-0.05, 0) is 20.8 Å². The van der Waals surface area contributed by atoms with Crippen molar-refractivity contribution in [3.63, 3.8) is 0 Å². The van der Waals surface area contributed by atoms with Crippen molar-refractivity contribution in [2.24, 2.45) is 0 Å². The fourth-order valence-electron chi connectivity index (χ4n) is 1.08. The summed E-state index contributed by atoms with van der Waals surface area (Å²) in [5.74, 6) is -2.09. The number of hydrogen-bond acceptors (Lipinski definition) is 3. The van der Waals surface area contributed by atoms with E-state index in [4.69, 9.17) is 0 Å². The molecular weight excluding hydrogens is 241 g/mol. The highest BCUT2D eigenvalue weighted by molar-refractivity contribution is 5.81. The van der Waals surface area contributed by atoms with Crippen molar-refractivity contribution in [3.8, 4) is 0 Å². The second kappa shape index (κ2) is 5.24. The summed E-state index contributed by atoms with van der Waals surface area (Å²) < 4.78 is 35.4. The van der Waals surface area contributed by atoms with E-state index in [-0.39, 0.29) is 6.54 Å². The van der Waals surface area contributed by atoms with E-state index in [0.717, 1.165) is 4.90 Å². The van der Waals surface area contributed by atoms with Gasteiger partial charge in [-0.1, -0.05) is 0 Å². The average Bonchev–Trinajstić information content (AvgIpc) is 2.07. The first-order chi connectivity index (χ1) is 7.46. The van der Waals surface area contributed by atoms with Crippen LogP contribution < -0.4 is 10.4 Å². The zero-order valence-corrected chi connectivity index (χ0v) is 9.72. The Labute approximate surface area is 96.6 Å². The quantitative estimate of drug-likeness (QED) is 0.777. The van der Waals surface area contributed by atoms with Gasteiger partial charge in [0, 0.05) is 18.6 Å². The molecule has 0 bridgehead atoms. The second-order valence-corrected chi connectivity index (χ2v) is 4.34. The molecule has 0 spiro atoms. The van der Waals surface area contributed by atoms with Crippen LogP contribution in [0.25, 0.3) is 0 Å². The number of carbonyl (C=O) groups is 2. The number of nitrogens with zero attached hydrogens (tertiary/aromatic N) is 1. The number of amides is 2. The van der Waals surface area contributed by atoms with Gasteiger partial charge in [-0.3, -0.25) is 4.79 Å². The van der Waals surface area contributed by atoms with Crippen LogP contribution in [0.15, 0.2) is 0 Å². The van der Waals surface area contributed by atoms with Gasteiger partial charge in [-0.25, -0.2) is 0 Å². The second-order valence-electron chi connectivity index (χ2n) is 4.34. The summed E-state index contributed by atoms with van der Waals surface area (Å²) in [7, 11) is 0. The Morgan fingerprint density at radius 1 is 1.24 bits per heavy atom. The lowest BCUT2D eigenvalue weighted by Gasteiger charge is -2.37. The lowest BCUT2D eigenvalue weighted by molar-refractivity contribution is -0.270. The van der Waals surface area contributed by atoms with Gasteiger partial charge in [-0.2, -0.15) is 13.2 Å². The normalized spacial score (nSPS) is 12.1. The first-order valence-electron chi connectivity index (χ1n) is 4.80. The van der Waals surface area contributed by atoms with E-state index < -0.39 is 30.3 Å². The minimum Gasteiger partial charge on any atom is -0.530 e. The van der Waals surface area contributed by atoms with E-state index in [2.05, 4.69) is 0 Å². The Balaban J connectivity index is 4.27. The van der Waals surface area contributed by atoms with Gasteiger partial charge < -0.3 is 20.1 Å². The van der Waals surface area contributed by atoms with E-state index in [0.29, 0.717) is 0 Å². The third-order valence-corrected chi connectivity index (χ3v) is 1.91. The predicted molar refractivity (Wildman–Crippen MR) is 50.9 cm³/mol. The van der Waals surface area contributed by atoms with Crippen LogP contribution in [0.2, 0.25) is 0 Å². The smallest absolute Gasteiger partial charge is 0.471 e. The molecule has 100 valence electrons. The molecule has 5 nitrogen and oxygen atoms in total. The van der Waals surface area contributed by atoms with Gasteiger partial charge in [-0.15, -0.1) is 0 Å². The summed E-state index contributed by atoms with van der Waals surface area (Å²) in [5.41, 5.74) is -0.804. The first-order valence-corrected chi connectivity index (χ1v) is 4.80. The van der Waals surface area contributed by atoms with E-state index in [9.17, 15) is 27.9 Å². The SMILES string of the molecule is CC(C)(C)N(CCNC(=O)C(F)(F)F)C(=O)[O-]. The lowest BCUT2D eigenvalue weighted by Crippen LogP contribution is -2.54. The van der Waals surface area contributed by atoms with Crippen molar-refractivity contribution in [3.05, 3.63) is 0 Å². The summed E-state index contributed by atoms with van der Waals surface area (Å²) in [6.07, 6.45) is -6.47. The maximum absolute atomic E-state index is 11.8. The molecule has 0 aromatic carbocycles. The zero-order chi connectivity index (χ0) is 13.9. The topological polar surface area (TPSA) is 72.5 Å². The molecular formula is C9H14F3N2O3-. The number of hydrogen-bond donors (Lipinski definition) is 1. The molecule has 0 aliphatic heterocycles. The van der Waals surface area contributed by atoms with Crippen LogP contribution in [0.5, 0.6) is 0 Å². The van der Waals surface area contributed by atoms with Crippen LogP contribution in [-0.4, -0.2) is 41.7 Å². The van der Waals surface area contributed by atoms with Gasteiger partial charge in [0.1, 0.15) is 6.09 Å². The fraction of sp³-hybridized carbons (Fsp3) is 0.778. The molecule has 0 unspecified atom stereocenters. The van der Waals surface area contributed by atoms with Crippen LogP contribution in [0.3, 0.4) is 0 Å². The molecule has 0 fully saturated rings. The van der Waals surface area contributed by atoms with E-state index >= 15 is 0 Å². The van der Waals surface area contributed by atoms with Crippen LogP contribution in [0, 0.1) is 0 Å². The summed E-state index contributed by atoms with van der Waals surface area (Å²) in [5, 5.41) is 12.3. The number of carboxylic acid groups (broad SMARTS) is 1. The van der Waals surface area contributed by atoms with Gasteiger partial charge in [0.15, 0.2) is 0 Å². The molecule has 8 heteroatoms. The molecule has 0 saturated heterocycles. The van der Waals surface area contributed by atoms with Gasteiger partial charge >= 0.3 is 12.1 Å². The number of nitrogens with one attached hydrogen (secondary N) is 1. The van der Waals surface area contributed by atoms with E-state index in [1.807, 2.05) is 0 Å². The van der Waals surface area contributed by atoms with Crippen molar-refractivity contribution in [2.45, 2.75) is 32.5 Å². The Hall–Kier alpha value is -1.47. The van der Waals surface area contributed by atoms with Crippen LogP contribution >= 0.6 is 0 Å². The van der Waals surface area contributed by atoms with Gasteiger partial charge in [0.25, 0.3) is 0 Å². The van der Waals surface area contributed by atoms with Crippen LogP contribution in [0.1, 0.15) is 20.8 Å². The summed E-state index contributed by atoms with van der Waals surface area (Å²) >= 11 is 0. The van der Waals surface area contributed by atoms with Crippen molar-refractivity contribution >= 4 is 12.0 Å². The lowest BCUT2D eigenvalue weighted by atomic mass is 10.1. The number of alkyl halides is 3. The minimum atomic E-state index is -4.96. The highest BCUT2D eigenvalue weighted by Gasteiger charge is 2.38. The van der Waals surface area contributed by atoms with Crippen molar-refractivity contribution in [1.29, 1.82) is 0 Å². The number of halogens is 3. The predicted octanol–water partition coefficient (Wildman–Crippen LogP) is 0.109. The zero-order valence-electron chi connectivity index (χ0n) is 9.72. The molecule has 0 rings (SSSR count). The molecule has 2 amide bonds. The third-order valence-electron chi connectivity index (χ3n) is 1.91. The highest BCUT2D eigenvalue weighted by Crippen LogP contribution is 2.14. The Morgan fingerprint density at radius 2 is 1.71 bits per heavy atom. The van der Waals surface area contributed by atoms with E-state index in [1.165, 1.54) is 0 Å². The molecule has 17 heavy (non-hydrogen) atoms. The van der Waals surface area contributed by atoms with Gasteiger partial charge in [0.05, 0.1) is 0 Å². The summed E-state index contributed by atoms with van der Waals surface area (Å²) in [6, 6.07) is 0. The monoisotopic (exact) mass is 255 g/mol. The molecule has 0 saturated carbocycles. The molecule has 0 radical (unpaired) electrons.